The van der Waals surface area contributed by atoms with Crippen LogP contribution in [0, 0.1) is 0 Å². The molecule has 1 aromatic heterocycles. The fraction of sp³-hybridized carbons (Fsp3) is 0.333. The van der Waals surface area contributed by atoms with Gasteiger partial charge in [-0.05, 0) is 42.4 Å². The molecular weight excluding hydrogens is 308 g/mol. The van der Waals surface area contributed by atoms with Crippen LogP contribution in [-0.2, 0) is 12.8 Å². The molecular formula is C18H20N2O2S. The lowest BCUT2D eigenvalue weighted by molar-refractivity contribution is 0.0259. The molecule has 1 aromatic carbocycles. The number of carbonyl (C=O) groups is 1. The molecule has 0 saturated carbocycles. The standard InChI is InChI=1S/C18H20N2O2S/c1-23-17-15(7-4-10-19-17)16(21)20-12-18(22)9-8-13-5-2-3-6-14(13)11-18/h2-7,10,22H,8-9,11-12H2,1H3,(H,20,21). The van der Waals surface area contributed by atoms with Crippen molar-refractivity contribution < 1.29 is 9.90 Å². The van der Waals surface area contributed by atoms with Gasteiger partial charge >= 0.3 is 0 Å². The van der Waals surface area contributed by atoms with Gasteiger partial charge in [0.05, 0.1) is 11.2 Å². The van der Waals surface area contributed by atoms with Crippen LogP contribution in [0.5, 0.6) is 0 Å². The van der Waals surface area contributed by atoms with Gasteiger partial charge in [-0.3, -0.25) is 4.79 Å². The highest BCUT2D eigenvalue weighted by Gasteiger charge is 2.32. The van der Waals surface area contributed by atoms with Gasteiger partial charge in [0.25, 0.3) is 5.91 Å². The molecule has 2 aromatic rings. The lowest BCUT2D eigenvalue weighted by Crippen LogP contribution is -2.46. The maximum Gasteiger partial charge on any atom is 0.254 e. The summed E-state index contributed by atoms with van der Waals surface area (Å²) in [5.74, 6) is -0.185. The predicted octanol–water partition coefficient (Wildman–Crippen LogP) is 2.45. The molecule has 1 unspecified atom stereocenters. The van der Waals surface area contributed by atoms with E-state index >= 15 is 0 Å². The summed E-state index contributed by atoms with van der Waals surface area (Å²) >= 11 is 1.44. The molecule has 0 bridgehead atoms. The highest BCUT2D eigenvalue weighted by atomic mass is 32.2. The first-order chi connectivity index (χ1) is 11.1. The fourth-order valence-electron chi connectivity index (χ4n) is 3.00. The van der Waals surface area contributed by atoms with Gasteiger partial charge in [0.2, 0.25) is 0 Å². The molecule has 1 amide bonds. The van der Waals surface area contributed by atoms with E-state index < -0.39 is 5.60 Å². The zero-order valence-corrected chi connectivity index (χ0v) is 13.9. The van der Waals surface area contributed by atoms with Gasteiger partial charge in [0.1, 0.15) is 5.03 Å². The summed E-state index contributed by atoms with van der Waals surface area (Å²) < 4.78 is 0. The van der Waals surface area contributed by atoms with E-state index in [1.54, 1.807) is 18.3 Å². The van der Waals surface area contributed by atoms with Crippen LogP contribution < -0.4 is 5.32 Å². The van der Waals surface area contributed by atoms with Crippen molar-refractivity contribution in [2.75, 3.05) is 12.8 Å². The topological polar surface area (TPSA) is 62.2 Å². The van der Waals surface area contributed by atoms with Crippen LogP contribution in [0.3, 0.4) is 0 Å². The van der Waals surface area contributed by atoms with Crippen molar-refractivity contribution in [2.24, 2.45) is 0 Å². The number of amides is 1. The van der Waals surface area contributed by atoms with E-state index in [2.05, 4.69) is 16.4 Å². The average Bonchev–Trinajstić information content (AvgIpc) is 2.59. The molecule has 3 rings (SSSR count). The lowest BCUT2D eigenvalue weighted by Gasteiger charge is -2.33. The van der Waals surface area contributed by atoms with Gasteiger partial charge in [0, 0.05) is 19.2 Å². The number of benzene rings is 1. The van der Waals surface area contributed by atoms with Gasteiger partial charge in [-0.15, -0.1) is 11.8 Å². The van der Waals surface area contributed by atoms with Crippen molar-refractivity contribution in [3.8, 4) is 0 Å². The minimum atomic E-state index is -0.883. The Labute approximate surface area is 140 Å². The van der Waals surface area contributed by atoms with Crippen molar-refractivity contribution in [3.63, 3.8) is 0 Å². The minimum absolute atomic E-state index is 0.185. The lowest BCUT2D eigenvalue weighted by atomic mass is 9.80. The van der Waals surface area contributed by atoms with E-state index in [-0.39, 0.29) is 12.5 Å². The van der Waals surface area contributed by atoms with Crippen LogP contribution in [0.4, 0.5) is 0 Å². The van der Waals surface area contributed by atoms with Crippen LogP contribution in [0.2, 0.25) is 0 Å². The summed E-state index contributed by atoms with van der Waals surface area (Å²) in [4.78, 5) is 16.6. The Morgan fingerprint density at radius 1 is 1.30 bits per heavy atom. The van der Waals surface area contributed by atoms with Crippen molar-refractivity contribution in [3.05, 3.63) is 59.3 Å². The molecule has 0 aliphatic heterocycles. The second-order valence-corrected chi connectivity index (χ2v) is 6.71. The number of hydrogen-bond donors (Lipinski definition) is 2. The number of aryl methyl sites for hydroxylation is 1. The van der Waals surface area contributed by atoms with E-state index in [9.17, 15) is 9.90 Å². The highest BCUT2D eigenvalue weighted by molar-refractivity contribution is 7.98. The molecule has 2 N–H and O–H groups in total. The Balaban J connectivity index is 1.67. The first-order valence-corrected chi connectivity index (χ1v) is 8.90. The molecule has 1 heterocycles. The van der Waals surface area contributed by atoms with E-state index in [4.69, 9.17) is 0 Å². The van der Waals surface area contributed by atoms with Gasteiger partial charge < -0.3 is 10.4 Å². The molecule has 1 atom stereocenters. The second-order valence-electron chi connectivity index (χ2n) is 5.91. The van der Waals surface area contributed by atoms with Crippen LogP contribution in [0.1, 0.15) is 27.9 Å². The van der Waals surface area contributed by atoms with Crippen molar-refractivity contribution >= 4 is 17.7 Å². The van der Waals surface area contributed by atoms with Crippen LogP contribution in [0.25, 0.3) is 0 Å². The summed E-state index contributed by atoms with van der Waals surface area (Å²) in [5, 5.41) is 14.4. The number of fused-ring (bicyclic) bond motifs is 1. The molecule has 0 spiro atoms. The molecule has 4 nitrogen and oxygen atoms in total. The monoisotopic (exact) mass is 328 g/mol. The summed E-state index contributed by atoms with van der Waals surface area (Å²) in [6, 6.07) is 11.7. The Morgan fingerprint density at radius 3 is 2.87 bits per heavy atom. The normalized spacial score (nSPS) is 19.9. The van der Waals surface area contributed by atoms with Gasteiger partial charge in [-0.25, -0.2) is 4.98 Å². The number of nitrogens with one attached hydrogen (secondary N) is 1. The van der Waals surface area contributed by atoms with Crippen LogP contribution >= 0.6 is 11.8 Å². The Bertz CT molecular complexity index is 720. The molecule has 23 heavy (non-hydrogen) atoms. The fourth-order valence-corrected chi connectivity index (χ4v) is 3.55. The molecule has 0 saturated heterocycles. The zero-order chi connectivity index (χ0) is 16.3. The number of carbonyl (C=O) groups excluding carboxylic acids is 1. The van der Waals surface area contributed by atoms with Crippen LogP contribution in [0.15, 0.2) is 47.6 Å². The van der Waals surface area contributed by atoms with E-state index in [1.165, 1.54) is 22.9 Å². The van der Waals surface area contributed by atoms with Gasteiger partial charge in [-0.1, -0.05) is 24.3 Å². The summed E-state index contributed by atoms with van der Waals surface area (Å²) in [6.07, 6.45) is 5.64. The third kappa shape index (κ3) is 3.57. The first-order valence-electron chi connectivity index (χ1n) is 7.68. The Morgan fingerprint density at radius 2 is 2.09 bits per heavy atom. The van der Waals surface area contributed by atoms with Gasteiger partial charge in [-0.2, -0.15) is 0 Å². The SMILES string of the molecule is CSc1ncccc1C(=O)NCC1(O)CCc2ccccc2C1. The molecule has 1 aliphatic carbocycles. The van der Waals surface area contributed by atoms with Crippen molar-refractivity contribution in [2.45, 2.75) is 29.9 Å². The maximum absolute atomic E-state index is 12.4. The molecule has 0 radical (unpaired) electrons. The summed E-state index contributed by atoms with van der Waals surface area (Å²) in [7, 11) is 0. The smallest absolute Gasteiger partial charge is 0.254 e. The van der Waals surface area contributed by atoms with E-state index in [0.29, 0.717) is 23.4 Å². The summed E-state index contributed by atoms with van der Waals surface area (Å²) in [6.45, 7) is 0.253. The van der Waals surface area contributed by atoms with Crippen LogP contribution in [-0.4, -0.2) is 34.4 Å². The van der Waals surface area contributed by atoms with Crippen molar-refractivity contribution in [1.29, 1.82) is 0 Å². The number of nitrogens with zero attached hydrogens (tertiary/aromatic N) is 1. The quantitative estimate of drug-likeness (QED) is 0.846. The Kier molecular flexibility index (Phi) is 4.68. The van der Waals surface area contributed by atoms with Gasteiger partial charge in [0.15, 0.2) is 0 Å². The first kappa shape index (κ1) is 16.0. The zero-order valence-electron chi connectivity index (χ0n) is 13.1. The maximum atomic E-state index is 12.4. The Hall–Kier alpha value is -1.85. The third-order valence-corrected chi connectivity index (χ3v) is 5.00. The van der Waals surface area contributed by atoms with E-state index in [0.717, 1.165) is 6.42 Å². The molecule has 1 aliphatic rings. The average molecular weight is 328 g/mol. The number of hydrogen-bond acceptors (Lipinski definition) is 4. The largest absolute Gasteiger partial charge is 0.388 e. The summed E-state index contributed by atoms with van der Waals surface area (Å²) in [5.41, 5.74) is 2.13. The molecule has 120 valence electrons. The molecule has 0 fully saturated rings. The third-order valence-electron chi connectivity index (χ3n) is 4.28. The highest BCUT2D eigenvalue weighted by Crippen LogP contribution is 2.28. The minimum Gasteiger partial charge on any atom is -0.388 e. The number of rotatable bonds is 4. The molecule has 5 heteroatoms. The van der Waals surface area contributed by atoms with E-state index in [1.807, 2.05) is 24.5 Å². The number of thioether (sulfide) groups is 1. The second kappa shape index (κ2) is 6.72. The number of aliphatic hydroxyl groups is 1. The number of pyridine rings is 1. The van der Waals surface area contributed by atoms with Crippen molar-refractivity contribution in [1.82, 2.24) is 10.3 Å². The predicted molar refractivity (Wildman–Crippen MR) is 91.8 cm³/mol. The number of aromatic nitrogens is 1.